The van der Waals surface area contributed by atoms with Crippen molar-refractivity contribution in [2.45, 2.75) is 6.42 Å². The predicted molar refractivity (Wildman–Crippen MR) is 143 cm³/mol. The summed E-state index contributed by atoms with van der Waals surface area (Å²) < 4.78 is 23.6. The Kier molecular flexibility index (Phi) is 6.09. The Hall–Kier alpha value is -4.57. The maximum absolute atomic E-state index is 15.0. The summed E-state index contributed by atoms with van der Waals surface area (Å²) in [5.41, 5.74) is 2.75. The minimum absolute atomic E-state index is 0.0361. The summed E-state index contributed by atoms with van der Waals surface area (Å²) in [5, 5.41) is 0. The maximum Gasteiger partial charge on any atom is 0.331 e. The first kappa shape index (κ1) is 23.8. The Morgan fingerprint density at radius 3 is 2.66 bits per heavy atom. The predicted octanol–water partition coefficient (Wildman–Crippen LogP) is 5.64. The molecule has 3 amide bonds. The van der Waals surface area contributed by atoms with Gasteiger partial charge in [0.2, 0.25) is 5.91 Å². The zero-order valence-corrected chi connectivity index (χ0v) is 21.2. The highest BCUT2D eigenvalue weighted by Crippen LogP contribution is 2.39. The zero-order valence-electron chi connectivity index (χ0n) is 20.4. The quantitative estimate of drug-likeness (QED) is 0.286. The molecular formula is C28H22FN5O3S. The van der Waals surface area contributed by atoms with E-state index in [1.54, 1.807) is 29.6 Å². The summed E-state index contributed by atoms with van der Waals surface area (Å²) in [5.74, 6) is -0.457. The van der Waals surface area contributed by atoms with E-state index in [1.807, 2.05) is 54.2 Å². The van der Waals surface area contributed by atoms with Crippen LogP contribution >= 0.6 is 11.3 Å². The topological polar surface area (TPSA) is 80.6 Å². The van der Waals surface area contributed by atoms with E-state index in [1.165, 1.54) is 28.4 Å². The second-order valence-corrected chi connectivity index (χ2v) is 9.97. The van der Waals surface area contributed by atoms with Gasteiger partial charge >= 0.3 is 6.03 Å². The highest BCUT2D eigenvalue weighted by atomic mass is 32.1. The number of aromatic nitrogens is 3. The number of rotatable bonds is 6. The van der Waals surface area contributed by atoms with Crippen molar-refractivity contribution in [2.75, 3.05) is 18.0 Å². The lowest BCUT2D eigenvalue weighted by Crippen LogP contribution is -2.37. The first-order chi connectivity index (χ1) is 18.5. The molecule has 3 aromatic heterocycles. The van der Waals surface area contributed by atoms with E-state index in [-0.39, 0.29) is 30.7 Å². The number of nitrogens with zero attached hydrogens (tertiary/aromatic N) is 5. The third-order valence-electron chi connectivity index (χ3n) is 6.28. The molecule has 0 N–H and O–H groups in total. The summed E-state index contributed by atoms with van der Waals surface area (Å²) in [6, 6.07) is 16.9. The van der Waals surface area contributed by atoms with Crippen LogP contribution < -0.4 is 9.64 Å². The molecule has 0 radical (unpaired) electrons. The van der Waals surface area contributed by atoms with E-state index in [2.05, 4.69) is 9.97 Å². The van der Waals surface area contributed by atoms with Gasteiger partial charge in [-0.3, -0.25) is 19.6 Å². The highest BCUT2D eigenvalue weighted by molar-refractivity contribution is 7.22. The Morgan fingerprint density at radius 1 is 1.05 bits per heavy atom. The molecule has 5 aromatic rings. The number of carbonyl (C=O) groups is 2. The molecule has 0 atom stereocenters. The maximum atomic E-state index is 15.0. The number of amides is 3. The fourth-order valence-corrected chi connectivity index (χ4v) is 5.43. The molecule has 1 aliphatic heterocycles. The molecule has 1 aliphatic rings. The fraction of sp³-hybridized carbons (Fsp3) is 0.143. The first-order valence-corrected chi connectivity index (χ1v) is 12.8. The molecule has 0 saturated carbocycles. The number of imidazole rings is 1. The number of thiophene rings is 1. The van der Waals surface area contributed by atoms with E-state index in [0.29, 0.717) is 17.9 Å². The number of fused-ring (bicyclic) bond motifs is 1. The number of urea groups is 1. The van der Waals surface area contributed by atoms with Crippen molar-refractivity contribution in [2.24, 2.45) is 7.05 Å². The number of anilines is 1. The van der Waals surface area contributed by atoms with E-state index in [4.69, 9.17) is 4.74 Å². The van der Waals surface area contributed by atoms with E-state index in [9.17, 15) is 9.59 Å². The van der Waals surface area contributed by atoms with E-state index in [0.717, 1.165) is 26.5 Å². The third kappa shape index (κ3) is 4.50. The molecule has 0 unspecified atom stereocenters. The Bertz CT molecular complexity index is 1670. The highest BCUT2D eigenvalue weighted by Gasteiger charge is 2.33. The van der Waals surface area contributed by atoms with Crippen molar-refractivity contribution >= 4 is 39.2 Å². The number of pyridine rings is 1. The van der Waals surface area contributed by atoms with Crippen LogP contribution in [0.1, 0.15) is 5.56 Å². The Morgan fingerprint density at radius 2 is 1.89 bits per heavy atom. The van der Waals surface area contributed by atoms with Gasteiger partial charge in [-0.25, -0.2) is 14.2 Å². The number of aryl methyl sites for hydroxylation is 1. The van der Waals surface area contributed by atoms with Gasteiger partial charge in [0.25, 0.3) is 0 Å². The van der Waals surface area contributed by atoms with Crippen molar-refractivity contribution in [3.8, 4) is 22.1 Å². The first-order valence-electron chi connectivity index (χ1n) is 12.0. The molecule has 1 saturated heterocycles. The second kappa shape index (κ2) is 9.71. The Labute approximate surface area is 221 Å². The van der Waals surface area contributed by atoms with E-state index >= 15 is 4.39 Å². The van der Waals surface area contributed by atoms with Crippen LogP contribution in [0.3, 0.4) is 0 Å². The van der Waals surface area contributed by atoms with Gasteiger partial charge in [-0.15, -0.1) is 11.3 Å². The number of halogens is 1. The monoisotopic (exact) mass is 527 g/mol. The van der Waals surface area contributed by atoms with Crippen LogP contribution in [0.15, 0.2) is 79.4 Å². The molecule has 10 heteroatoms. The molecule has 0 aliphatic carbocycles. The minimum Gasteiger partial charge on any atom is -0.453 e. The molecule has 38 heavy (non-hydrogen) atoms. The summed E-state index contributed by atoms with van der Waals surface area (Å²) in [7, 11) is 1.90. The Balaban J connectivity index is 1.17. The van der Waals surface area contributed by atoms with Crippen molar-refractivity contribution in [3.05, 3.63) is 90.8 Å². The molecule has 4 heterocycles. The van der Waals surface area contributed by atoms with Crippen LogP contribution in [-0.4, -0.2) is 44.5 Å². The average molecular weight is 528 g/mol. The third-order valence-corrected chi connectivity index (χ3v) is 7.44. The number of imide groups is 1. The smallest absolute Gasteiger partial charge is 0.331 e. The van der Waals surface area contributed by atoms with Crippen molar-refractivity contribution < 1.29 is 18.7 Å². The van der Waals surface area contributed by atoms with Gasteiger partial charge in [-0.2, -0.15) is 0 Å². The average Bonchev–Trinajstić information content (AvgIpc) is 3.64. The molecule has 0 bridgehead atoms. The minimum atomic E-state index is -0.597. The van der Waals surface area contributed by atoms with Gasteiger partial charge in [0.05, 0.1) is 33.5 Å². The summed E-state index contributed by atoms with van der Waals surface area (Å²) in [4.78, 5) is 38.2. The number of para-hydroxylation sites is 1. The number of hydrogen-bond acceptors (Lipinski definition) is 6. The van der Waals surface area contributed by atoms with Gasteiger partial charge in [-0.1, -0.05) is 24.3 Å². The number of carbonyl (C=O) groups excluding carboxylic acids is 2. The summed E-state index contributed by atoms with van der Waals surface area (Å²) >= 11 is 1.47. The van der Waals surface area contributed by atoms with Crippen LogP contribution in [-0.2, 0) is 18.3 Å². The van der Waals surface area contributed by atoms with Crippen LogP contribution in [0.5, 0.6) is 11.5 Å². The zero-order chi connectivity index (χ0) is 26.2. The lowest BCUT2D eigenvalue weighted by atomic mass is 10.1. The molecule has 8 nitrogen and oxygen atoms in total. The molecule has 6 rings (SSSR count). The van der Waals surface area contributed by atoms with Crippen molar-refractivity contribution in [1.29, 1.82) is 0 Å². The summed E-state index contributed by atoms with van der Waals surface area (Å²) in [6.07, 6.45) is 5.16. The normalized spacial score (nSPS) is 13.5. The van der Waals surface area contributed by atoms with Gasteiger partial charge < -0.3 is 9.30 Å². The van der Waals surface area contributed by atoms with Crippen LogP contribution in [0.4, 0.5) is 14.9 Å². The number of hydrogen-bond donors (Lipinski definition) is 0. The number of benzene rings is 2. The van der Waals surface area contributed by atoms with Crippen LogP contribution in [0.25, 0.3) is 20.8 Å². The van der Waals surface area contributed by atoms with Crippen LogP contribution in [0.2, 0.25) is 0 Å². The summed E-state index contributed by atoms with van der Waals surface area (Å²) in [6.45, 7) is 0.705. The standard InChI is InChI=1S/C28H22FN5O3S/c1-32-16-22(31-17-32)25-15-21-27(38-25)24(9-10-30-21)37-23-8-7-18(13-20(23)29)14-26(35)34-12-11-33(28(34)36)19-5-3-2-4-6-19/h2-10,13,15-17H,11-12,14H2,1H3. The molecule has 1 fully saturated rings. The molecular weight excluding hydrogens is 505 g/mol. The van der Waals surface area contributed by atoms with Gasteiger partial charge in [0.15, 0.2) is 11.6 Å². The largest absolute Gasteiger partial charge is 0.453 e. The van der Waals surface area contributed by atoms with Crippen molar-refractivity contribution in [3.63, 3.8) is 0 Å². The number of ether oxygens (including phenoxy) is 1. The molecule has 190 valence electrons. The lowest BCUT2D eigenvalue weighted by molar-refractivity contribution is -0.126. The fourth-order valence-electron chi connectivity index (χ4n) is 4.40. The van der Waals surface area contributed by atoms with Crippen molar-refractivity contribution in [1.82, 2.24) is 19.4 Å². The SMILES string of the molecule is Cn1cnc(-c2cc3nccc(Oc4ccc(CC(=O)N5CCN(c6ccccc6)C5=O)cc4F)c3s2)c1. The van der Waals surface area contributed by atoms with Crippen LogP contribution in [0, 0.1) is 5.82 Å². The van der Waals surface area contributed by atoms with Gasteiger partial charge in [0, 0.05) is 44.3 Å². The molecule has 2 aromatic carbocycles. The van der Waals surface area contributed by atoms with Gasteiger partial charge in [-0.05, 0) is 35.9 Å². The second-order valence-electron chi connectivity index (χ2n) is 8.92. The van der Waals surface area contributed by atoms with Gasteiger partial charge in [0.1, 0.15) is 5.75 Å². The van der Waals surface area contributed by atoms with E-state index < -0.39 is 5.82 Å². The molecule has 0 spiro atoms. The lowest BCUT2D eigenvalue weighted by Gasteiger charge is -2.17.